The van der Waals surface area contributed by atoms with Crippen molar-refractivity contribution in [1.82, 2.24) is 24.7 Å². The van der Waals surface area contributed by atoms with E-state index in [1.807, 2.05) is 12.1 Å². The molecular weight excluding hydrogens is 364 g/mol. The minimum absolute atomic E-state index is 0.0244. The van der Waals surface area contributed by atoms with Crippen molar-refractivity contribution in [2.45, 2.75) is 31.2 Å². The number of hydrogen-bond acceptors (Lipinski definition) is 5. The topological polar surface area (TPSA) is 81.5 Å². The van der Waals surface area contributed by atoms with Crippen molar-refractivity contribution in [1.29, 1.82) is 0 Å². The van der Waals surface area contributed by atoms with Crippen LogP contribution in [0.4, 0.5) is 0 Å². The quantitative estimate of drug-likeness (QED) is 0.803. The number of likely N-dealkylation sites (N-methyl/N-ethyl adjacent to an activating group) is 1. The minimum atomic E-state index is -0.411. The molecule has 2 bridgehead atoms. The third kappa shape index (κ3) is 3.35. The molecule has 2 aromatic rings. The van der Waals surface area contributed by atoms with Crippen molar-refractivity contribution in [2.75, 3.05) is 52.9 Å². The zero-order chi connectivity index (χ0) is 20.0. The molecule has 2 atom stereocenters. The van der Waals surface area contributed by atoms with E-state index in [1.165, 1.54) is 19.3 Å². The molecule has 3 aliphatic rings. The summed E-state index contributed by atoms with van der Waals surface area (Å²) in [5.41, 5.74) is 7.72. The van der Waals surface area contributed by atoms with Gasteiger partial charge >= 0.3 is 0 Å². The van der Waals surface area contributed by atoms with E-state index in [-0.39, 0.29) is 5.54 Å². The second-order valence-electron chi connectivity index (χ2n) is 9.24. The largest absolute Gasteiger partial charge is 0.366 e. The highest BCUT2D eigenvalue weighted by molar-refractivity contribution is 6.04. The maximum absolute atomic E-state index is 11.9. The van der Waals surface area contributed by atoms with Crippen LogP contribution in [-0.4, -0.2) is 83.4 Å². The van der Waals surface area contributed by atoms with Crippen molar-refractivity contribution < 1.29 is 4.79 Å². The first kappa shape index (κ1) is 19.0. The number of primary amides is 1. The number of imidazole rings is 1. The normalized spacial score (nSPS) is 28.9. The van der Waals surface area contributed by atoms with Crippen molar-refractivity contribution in [2.24, 2.45) is 11.7 Å². The summed E-state index contributed by atoms with van der Waals surface area (Å²) < 4.78 is 0. The molecule has 0 radical (unpaired) electrons. The molecule has 1 aliphatic carbocycles. The van der Waals surface area contributed by atoms with E-state index in [0.29, 0.717) is 5.56 Å². The summed E-state index contributed by atoms with van der Waals surface area (Å²) in [6.45, 7) is 8.00. The average Bonchev–Trinajstić information content (AvgIpc) is 3.26. The van der Waals surface area contributed by atoms with Gasteiger partial charge in [-0.2, -0.15) is 0 Å². The number of aromatic amines is 1. The highest BCUT2D eigenvalue weighted by atomic mass is 16.1. The first-order valence-electron chi connectivity index (χ1n) is 11.0. The van der Waals surface area contributed by atoms with Crippen LogP contribution < -0.4 is 5.73 Å². The Balaban J connectivity index is 1.42. The molecule has 156 valence electrons. The van der Waals surface area contributed by atoms with Gasteiger partial charge in [-0.15, -0.1) is 0 Å². The number of hydrogen-bond donors (Lipinski definition) is 2. The molecule has 29 heavy (non-hydrogen) atoms. The number of nitrogens with zero attached hydrogens (tertiary/aromatic N) is 4. The van der Waals surface area contributed by atoms with Gasteiger partial charge < -0.3 is 15.6 Å². The van der Waals surface area contributed by atoms with E-state index in [2.05, 4.69) is 26.7 Å². The second kappa shape index (κ2) is 7.38. The standard InChI is InChI=1S/C22H32N6O/c1-26-8-10-27(11-9-26)12-13-28-15-16-4-3-7-22(28,14-16)21-24-18-6-2-5-17(20(23)29)19(18)25-21/h2,5-6,16H,3-4,7-15H2,1H3,(H2,23,29)(H,24,25)/t16-,22-/m1/s1. The summed E-state index contributed by atoms with van der Waals surface area (Å²) in [5, 5.41) is 0. The minimum Gasteiger partial charge on any atom is -0.366 e. The predicted molar refractivity (Wildman–Crippen MR) is 114 cm³/mol. The van der Waals surface area contributed by atoms with E-state index in [1.54, 1.807) is 6.07 Å². The lowest BCUT2D eigenvalue weighted by molar-refractivity contribution is 0.0829. The molecule has 3 N–H and O–H groups in total. The maximum Gasteiger partial charge on any atom is 0.250 e. The zero-order valence-corrected chi connectivity index (χ0v) is 17.4. The Labute approximate surface area is 172 Å². The number of likely N-dealkylation sites (tertiary alicyclic amines) is 1. The third-order valence-electron chi connectivity index (χ3n) is 7.41. The zero-order valence-electron chi connectivity index (χ0n) is 17.4. The Morgan fingerprint density at radius 1 is 1.28 bits per heavy atom. The molecule has 1 aromatic carbocycles. The van der Waals surface area contributed by atoms with Gasteiger partial charge in [0.2, 0.25) is 0 Å². The van der Waals surface area contributed by atoms with Gasteiger partial charge in [-0.1, -0.05) is 12.5 Å². The van der Waals surface area contributed by atoms with Crippen LogP contribution in [0.3, 0.4) is 0 Å². The van der Waals surface area contributed by atoms with Crippen LogP contribution in [0.25, 0.3) is 11.0 Å². The lowest BCUT2D eigenvalue weighted by Gasteiger charge is -2.40. The molecule has 1 aromatic heterocycles. The number of aromatic nitrogens is 2. The Kier molecular flexibility index (Phi) is 4.84. The Morgan fingerprint density at radius 2 is 2.10 bits per heavy atom. The van der Waals surface area contributed by atoms with Gasteiger partial charge in [0.05, 0.1) is 16.6 Å². The predicted octanol–water partition coefficient (Wildman–Crippen LogP) is 1.61. The average molecular weight is 397 g/mol. The first-order chi connectivity index (χ1) is 14.0. The smallest absolute Gasteiger partial charge is 0.250 e. The molecule has 7 nitrogen and oxygen atoms in total. The highest BCUT2D eigenvalue weighted by Crippen LogP contribution is 2.49. The molecular formula is C22H32N6O. The summed E-state index contributed by atoms with van der Waals surface area (Å²) in [7, 11) is 2.21. The van der Waals surface area contributed by atoms with Crippen LogP contribution in [-0.2, 0) is 5.54 Å². The highest BCUT2D eigenvalue weighted by Gasteiger charge is 2.50. The molecule has 0 unspecified atom stereocenters. The van der Waals surface area contributed by atoms with Crippen LogP contribution in [0.2, 0.25) is 0 Å². The van der Waals surface area contributed by atoms with Crippen molar-refractivity contribution in [3.8, 4) is 0 Å². The molecule has 2 saturated heterocycles. The van der Waals surface area contributed by atoms with E-state index in [9.17, 15) is 4.79 Å². The van der Waals surface area contributed by atoms with E-state index >= 15 is 0 Å². The van der Waals surface area contributed by atoms with Gasteiger partial charge in [0.1, 0.15) is 11.3 Å². The monoisotopic (exact) mass is 396 g/mol. The molecule has 2 aliphatic heterocycles. The summed E-state index contributed by atoms with van der Waals surface area (Å²) >= 11 is 0. The fraction of sp³-hybridized carbons (Fsp3) is 0.636. The summed E-state index contributed by atoms with van der Waals surface area (Å²) in [6.07, 6.45) is 4.87. The number of nitrogens with two attached hydrogens (primary N) is 1. The lowest BCUT2D eigenvalue weighted by Crippen LogP contribution is -2.49. The molecule has 3 heterocycles. The Bertz CT molecular complexity index is 902. The number of carbonyl (C=O) groups excluding carboxylic acids is 1. The van der Waals surface area contributed by atoms with Gasteiger partial charge in [-0.05, 0) is 44.4 Å². The van der Waals surface area contributed by atoms with Gasteiger partial charge in [0.25, 0.3) is 5.91 Å². The van der Waals surface area contributed by atoms with Crippen LogP contribution in [0, 0.1) is 5.92 Å². The van der Waals surface area contributed by atoms with Gasteiger partial charge in [-0.3, -0.25) is 14.6 Å². The number of benzene rings is 1. The third-order valence-corrected chi connectivity index (χ3v) is 7.41. The number of nitrogens with one attached hydrogen (secondary N) is 1. The second-order valence-corrected chi connectivity index (χ2v) is 9.24. The van der Waals surface area contributed by atoms with Gasteiger partial charge in [0, 0.05) is 45.8 Å². The maximum atomic E-state index is 11.9. The number of para-hydroxylation sites is 1. The van der Waals surface area contributed by atoms with Crippen molar-refractivity contribution in [3.05, 3.63) is 29.6 Å². The van der Waals surface area contributed by atoms with Crippen molar-refractivity contribution >= 4 is 16.9 Å². The van der Waals surface area contributed by atoms with E-state index in [4.69, 9.17) is 10.7 Å². The molecule has 1 saturated carbocycles. The number of amides is 1. The summed E-state index contributed by atoms with van der Waals surface area (Å²) in [4.78, 5) is 28.1. The van der Waals surface area contributed by atoms with Crippen LogP contribution >= 0.6 is 0 Å². The van der Waals surface area contributed by atoms with E-state index < -0.39 is 5.91 Å². The molecule has 5 rings (SSSR count). The van der Waals surface area contributed by atoms with Crippen LogP contribution in [0.1, 0.15) is 41.9 Å². The number of fused-ring (bicyclic) bond motifs is 3. The molecule has 0 spiro atoms. The fourth-order valence-corrected chi connectivity index (χ4v) is 5.75. The number of H-pyrrole nitrogens is 1. The van der Waals surface area contributed by atoms with Crippen LogP contribution in [0.15, 0.2) is 18.2 Å². The number of piperazine rings is 1. The molecule has 7 heteroatoms. The first-order valence-corrected chi connectivity index (χ1v) is 11.0. The lowest BCUT2D eigenvalue weighted by atomic mass is 9.79. The number of rotatable bonds is 5. The number of carbonyl (C=O) groups is 1. The fourth-order valence-electron chi connectivity index (χ4n) is 5.75. The SMILES string of the molecule is CN1CCN(CCN2C[C@@H]3CCC[C@]2(c2nc4c(C(N)=O)cccc4[nH]2)C3)CC1. The molecule has 1 amide bonds. The molecule has 3 fully saturated rings. The summed E-state index contributed by atoms with van der Waals surface area (Å²) in [5.74, 6) is 1.37. The van der Waals surface area contributed by atoms with Crippen LogP contribution in [0.5, 0.6) is 0 Å². The summed E-state index contributed by atoms with van der Waals surface area (Å²) in [6, 6.07) is 5.65. The Morgan fingerprint density at radius 3 is 2.90 bits per heavy atom. The van der Waals surface area contributed by atoms with E-state index in [0.717, 1.165) is 75.0 Å². The van der Waals surface area contributed by atoms with Gasteiger partial charge in [-0.25, -0.2) is 4.98 Å². The Hall–Kier alpha value is -1.96. The van der Waals surface area contributed by atoms with Gasteiger partial charge in [0.15, 0.2) is 0 Å². The van der Waals surface area contributed by atoms with Crippen molar-refractivity contribution in [3.63, 3.8) is 0 Å².